The molecule has 22 heavy (non-hydrogen) atoms. The quantitative estimate of drug-likeness (QED) is 0.498. The zero-order valence-corrected chi connectivity index (χ0v) is 11.4. The smallest absolute Gasteiger partial charge is 0.376 e. The van der Waals surface area contributed by atoms with Crippen molar-refractivity contribution in [2.24, 2.45) is 0 Å². The molecule has 1 aromatic carbocycles. The minimum Gasteiger partial charge on any atom is -0.506 e. The van der Waals surface area contributed by atoms with E-state index in [2.05, 4.69) is 6.07 Å². The topological polar surface area (TPSA) is 103 Å². The molecule has 2 aromatic rings. The van der Waals surface area contributed by atoms with E-state index in [4.69, 9.17) is 10.4 Å². The van der Waals surface area contributed by atoms with Gasteiger partial charge in [0.05, 0.1) is 17.3 Å². The van der Waals surface area contributed by atoms with Crippen molar-refractivity contribution in [1.82, 2.24) is 4.57 Å². The highest BCUT2D eigenvalue weighted by Gasteiger charge is 2.13. The van der Waals surface area contributed by atoms with Crippen LogP contribution in [0.2, 0.25) is 0 Å². The van der Waals surface area contributed by atoms with Gasteiger partial charge in [0.2, 0.25) is 0 Å². The second kappa shape index (κ2) is 6.41. The van der Waals surface area contributed by atoms with Crippen molar-refractivity contribution in [1.29, 1.82) is 5.26 Å². The SMILES string of the molecule is N#Cc1ccccc1Cn1cccc1/C(O)=C/C(=O)C(=O)O. The van der Waals surface area contributed by atoms with E-state index < -0.39 is 17.5 Å². The van der Waals surface area contributed by atoms with Gasteiger partial charge in [0, 0.05) is 18.8 Å². The van der Waals surface area contributed by atoms with Crippen molar-refractivity contribution in [3.8, 4) is 6.07 Å². The number of carbonyl (C=O) groups is 2. The fourth-order valence-corrected chi connectivity index (χ4v) is 2.00. The lowest BCUT2D eigenvalue weighted by Gasteiger charge is -2.10. The highest BCUT2D eigenvalue weighted by Crippen LogP contribution is 2.16. The number of carboxylic acids is 1. The number of benzene rings is 1. The number of aliphatic hydroxyl groups is 1. The minimum absolute atomic E-state index is 0.294. The number of nitriles is 1. The second-order valence-corrected chi connectivity index (χ2v) is 4.49. The maximum atomic E-state index is 11.1. The molecule has 0 radical (unpaired) electrons. The molecule has 0 spiro atoms. The third kappa shape index (κ3) is 3.22. The predicted octanol–water partition coefficient (Wildman–Crippen LogP) is 1.96. The molecule has 6 heteroatoms. The Morgan fingerprint density at radius 2 is 1.91 bits per heavy atom. The Kier molecular flexibility index (Phi) is 4.39. The Balaban J connectivity index is 2.33. The van der Waals surface area contributed by atoms with Crippen molar-refractivity contribution < 1.29 is 19.8 Å². The van der Waals surface area contributed by atoms with Crippen LogP contribution in [-0.2, 0) is 16.1 Å². The summed E-state index contributed by atoms with van der Waals surface area (Å²) in [4.78, 5) is 21.6. The first-order valence-corrected chi connectivity index (χ1v) is 6.34. The van der Waals surface area contributed by atoms with E-state index in [0.717, 1.165) is 5.56 Å². The third-order valence-corrected chi connectivity index (χ3v) is 3.05. The van der Waals surface area contributed by atoms with Gasteiger partial charge in [0.25, 0.3) is 5.78 Å². The van der Waals surface area contributed by atoms with Crippen LogP contribution in [0.3, 0.4) is 0 Å². The number of carbonyl (C=O) groups excluding carboxylic acids is 1. The summed E-state index contributed by atoms with van der Waals surface area (Å²) in [5.41, 5.74) is 1.55. The number of hydrogen-bond acceptors (Lipinski definition) is 4. The van der Waals surface area contributed by atoms with Crippen LogP contribution >= 0.6 is 0 Å². The first-order chi connectivity index (χ1) is 10.5. The van der Waals surface area contributed by atoms with Gasteiger partial charge in [-0.1, -0.05) is 18.2 Å². The number of rotatable bonds is 5. The number of nitrogens with zero attached hydrogens (tertiary/aromatic N) is 2. The van der Waals surface area contributed by atoms with Gasteiger partial charge in [-0.05, 0) is 23.8 Å². The van der Waals surface area contributed by atoms with Crippen molar-refractivity contribution in [2.75, 3.05) is 0 Å². The van der Waals surface area contributed by atoms with Crippen LogP contribution in [-0.4, -0.2) is 26.5 Å². The highest BCUT2D eigenvalue weighted by molar-refractivity contribution is 6.38. The molecule has 0 aliphatic carbocycles. The average molecular weight is 296 g/mol. The molecule has 1 aromatic heterocycles. The van der Waals surface area contributed by atoms with Gasteiger partial charge < -0.3 is 14.8 Å². The van der Waals surface area contributed by atoms with Crippen molar-refractivity contribution in [2.45, 2.75) is 6.54 Å². The van der Waals surface area contributed by atoms with Crippen LogP contribution in [0.4, 0.5) is 0 Å². The molecule has 0 aliphatic heterocycles. The van der Waals surface area contributed by atoms with E-state index in [9.17, 15) is 14.7 Å². The van der Waals surface area contributed by atoms with Crippen LogP contribution in [0.25, 0.3) is 5.76 Å². The van der Waals surface area contributed by atoms with Crippen LogP contribution in [0.15, 0.2) is 48.7 Å². The molecule has 0 unspecified atom stereocenters. The number of hydrogen-bond donors (Lipinski definition) is 2. The Hall–Kier alpha value is -3.33. The summed E-state index contributed by atoms with van der Waals surface area (Å²) in [6.07, 6.45) is 2.32. The number of aliphatic carboxylic acids is 1. The minimum atomic E-state index is -1.64. The Morgan fingerprint density at radius 3 is 2.59 bits per heavy atom. The van der Waals surface area contributed by atoms with Crippen molar-refractivity contribution in [3.63, 3.8) is 0 Å². The van der Waals surface area contributed by atoms with E-state index in [1.807, 2.05) is 0 Å². The molecular formula is C16H12N2O4. The molecule has 0 aliphatic rings. The summed E-state index contributed by atoms with van der Waals surface area (Å²) in [6, 6.07) is 12.3. The first kappa shape index (κ1) is 15.1. The lowest BCUT2D eigenvalue weighted by Crippen LogP contribution is -2.11. The molecule has 110 valence electrons. The summed E-state index contributed by atoms with van der Waals surface area (Å²) in [5, 5.41) is 27.5. The fraction of sp³-hybridized carbons (Fsp3) is 0.0625. The van der Waals surface area contributed by atoms with Gasteiger partial charge in [0.15, 0.2) is 0 Å². The summed E-state index contributed by atoms with van der Waals surface area (Å²) >= 11 is 0. The molecule has 0 saturated carbocycles. The molecule has 0 amide bonds. The Bertz CT molecular complexity index is 796. The van der Waals surface area contributed by atoms with Crippen LogP contribution in [0.1, 0.15) is 16.8 Å². The largest absolute Gasteiger partial charge is 0.506 e. The molecular weight excluding hydrogens is 284 g/mol. The summed E-state index contributed by atoms with van der Waals surface area (Å²) in [5.74, 6) is -3.28. The molecule has 6 nitrogen and oxygen atoms in total. The maximum Gasteiger partial charge on any atom is 0.376 e. The van der Waals surface area contributed by atoms with Crippen molar-refractivity contribution in [3.05, 3.63) is 65.5 Å². The van der Waals surface area contributed by atoms with E-state index in [1.54, 1.807) is 47.2 Å². The second-order valence-electron chi connectivity index (χ2n) is 4.49. The number of carboxylic acid groups (broad SMARTS) is 1. The number of aromatic nitrogens is 1. The van der Waals surface area contributed by atoms with E-state index in [-0.39, 0.29) is 0 Å². The predicted molar refractivity (Wildman–Crippen MR) is 77.9 cm³/mol. The molecule has 2 N–H and O–H groups in total. The highest BCUT2D eigenvalue weighted by atomic mass is 16.4. The van der Waals surface area contributed by atoms with E-state index in [0.29, 0.717) is 23.9 Å². The lowest BCUT2D eigenvalue weighted by atomic mass is 10.1. The first-order valence-electron chi connectivity index (χ1n) is 6.34. The van der Waals surface area contributed by atoms with Gasteiger partial charge in [-0.3, -0.25) is 4.79 Å². The zero-order valence-electron chi connectivity index (χ0n) is 11.4. The van der Waals surface area contributed by atoms with Crippen LogP contribution in [0, 0.1) is 11.3 Å². The standard InChI is InChI=1S/C16H12N2O4/c17-9-11-4-1-2-5-12(11)10-18-7-3-6-13(18)14(19)8-15(20)16(21)22/h1-8,19H,10H2,(H,21,22)/b14-8-. The third-order valence-electron chi connectivity index (χ3n) is 3.05. The lowest BCUT2D eigenvalue weighted by molar-refractivity contribution is -0.146. The summed E-state index contributed by atoms with van der Waals surface area (Å²) < 4.78 is 1.62. The van der Waals surface area contributed by atoms with Crippen molar-refractivity contribution >= 4 is 17.5 Å². The van der Waals surface area contributed by atoms with Gasteiger partial charge in [-0.15, -0.1) is 0 Å². The Morgan fingerprint density at radius 1 is 1.18 bits per heavy atom. The molecule has 0 atom stereocenters. The van der Waals surface area contributed by atoms with Crippen LogP contribution in [0.5, 0.6) is 0 Å². The van der Waals surface area contributed by atoms with Gasteiger partial charge in [-0.2, -0.15) is 5.26 Å². The molecule has 1 heterocycles. The van der Waals surface area contributed by atoms with E-state index in [1.165, 1.54) is 0 Å². The van der Waals surface area contributed by atoms with Gasteiger partial charge in [-0.25, -0.2) is 4.79 Å². The summed E-state index contributed by atoms with van der Waals surface area (Å²) in [7, 11) is 0. The monoisotopic (exact) mass is 296 g/mol. The molecule has 0 saturated heterocycles. The number of aliphatic hydroxyl groups excluding tert-OH is 1. The average Bonchev–Trinajstić information content (AvgIpc) is 2.96. The molecule has 0 fully saturated rings. The zero-order chi connectivity index (χ0) is 16.1. The van der Waals surface area contributed by atoms with Crippen LogP contribution < -0.4 is 0 Å². The molecule has 0 bridgehead atoms. The Labute approximate surface area is 126 Å². The number of ketones is 1. The van der Waals surface area contributed by atoms with Gasteiger partial charge >= 0.3 is 5.97 Å². The fourth-order valence-electron chi connectivity index (χ4n) is 2.00. The summed E-state index contributed by atoms with van der Waals surface area (Å²) in [6.45, 7) is 0.311. The van der Waals surface area contributed by atoms with Gasteiger partial charge in [0.1, 0.15) is 5.76 Å². The van der Waals surface area contributed by atoms with E-state index >= 15 is 0 Å². The maximum absolute atomic E-state index is 11.1. The molecule has 2 rings (SSSR count). The normalized spacial score (nSPS) is 11.0.